The first kappa shape index (κ1) is 14.6. The molecule has 0 saturated carbocycles. The Kier molecular flexibility index (Phi) is 5.15. The monoisotopic (exact) mass is 274 g/mol. The van der Waals surface area contributed by atoms with Gasteiger partial charge in [-0.15, -0.1) is 0 Å². The second kappa shape index (κ2) is 7.07. The van der Waals surface area contributed by atoms with Gasteiger partial charge in [0.05, 0.1) is 7.11 Å². The predicted octanol–water partition coefficient (Wildman–Crippen LogP) is 1.44. The lowest BCUT2D eigenvalue weighted by molar-refractivity contribution is 0.413. The average Bonchev–Trinajstić information content (AvgIpc) is 2.89. The number of aromatic nitrogens is 2. The van der Waals surface area contributed by atoms with Gasteiger partial charge in [-0.1, -0.05) is 12.1 Å². The molecule has 3 N–H and O–H groups in total. The SMILES string of the molecule is COc1cccc(CC(CCc2nccn2C)NN)c1. The maximum absolute atomic E-state index is 5.66. The number of imidazole rings is 1. The van der Waals surface area contributed by atoms with Crippen LogP contribution >= 0.6 is 0 Å². The zero-order valence-electron chi connectivity index (χ0n) is 12.0. The average molecular weight is 274 g/mol. The van der Waals surface area contributed by atoms with E-state index in [1.165, 1.54) is 5.56 Å². The number of hydrogen-bond donors (Lipinski definition) is 2. The summed E-state index contributed by atoms with van der Waals surface area (Å²) in [7, 11) is 3.69. The van der Waals surface area contributed by atoms with Crippen LogP contribution in [-0.2, 0) is 19.9 Å². The molecule has 1 aromatic heterocycles. The van der Waals surface area contributed by atoms with E-state index in [9.17, 15) is 0 Å². The highest BCUT2D eigenvalue weighted by atomic mass is 16.5. The maximum atomic E-state index is 5.66. The number of benzene rings is 1. The fraction of sp³-hybridized carbons (Fsp3) is 0.400. The Balaban J connectivity index is 1.93. The van der Waals surface area contributed by atoms with Gasteiger partial charge in [-0.2, -0.15) is 0 Å². The highest BCUT2D eigenvalue weighted by molar-refractivity contribution is 5.28. The number of aryl methyl sites for hydroxylation is 2. The van der Waals surface area contributed by atoms with E-state index in [1.54, 1.807) is 7.11 Å². The summed E-state index contributed by atoms with van der Waals surface area (Å²) in [5.74, 6) is 7.62. The summed E-state index contributed by atoms with van der Waals surface area (Å²) >= 11 is 0. The Bertz CT molecular complexity index is 538. The fourth-order valence-corrected chi connectivity index (χ4v) is 2.27. The normalized spacial score (nSPS) is 12.3. The number of rotatable bonds is 7. The van der Waals surface area contributed by atoms with Crippen molar-refractivity contribution in [2.45, 2.75) is 25.3 Å². The van der Waals surface area contributed by atoms with E-state index in [0.29, 0.717) is 0 Å². The Morgan fingerprint density at radius 1 is 1.45 bits per heavy atom. The summed E-state index contributed by atoms with van der Waals surface area (Å²) in [4.78, 5) is 4.33. The zero-order chi connectivity index (χ0) is 14.4. The van der Waals surface area contributed by atoms with Gasteiger partial charge < -0.3 is 9.30 Å². The Morgan fingerprint density at radius 2 is 2.30 bits per heavy atom. The lowest BCUT2D eigenvalue weighted by Crippen LogP contribution is -2.37. The van der Waals surface area contributed by atoms with Crippen molar-refractivity contribution in [1.82, 2.24) is 15.0 Å². The molecule has 2 aromatic rings. The molecule has 5 nitrogen and oxygen atoms in total. The van der Waals surface area contributed by atoms with Crippen LogP contribution in [0.4, 0.5) is 0 Å². The van der Waals surface area contributed by atoms with E-state index < -0.39 is 0 Å². The largest absolute Gasteiger partial charge is 0.497 e. The number of hydrogen-bond acceptors (Lipinski definition) is 4. The van der Waals surface area contributed by atoms with E-state index in [1.807, 2.05) is 42.2 Å². The molecule has 0 amide bonds. The number of nitrogens with two attached hydrogens (primary N) is 1. The van der Waals surface area contributed by atoms with E-state index >= 15 is 0 Å². The van der Waals surface area contributed by atoms with Crippen molar-refractivity contribution in [3.63, 3.8) is 0 Å². The van der Waals surface area contributed by atoms with E-state index in [2.05, 4.69) is 16.5 Å². The number of ether oxygens (including phenoxy) is 1. The Labute approximate surface area is 119 Å². The van der Waals surface area contributed by atoms with Crippen molar-refractivity contribution in [1.29, 1.82) is 0 Å². The summed E-state index contributed by atoms with van der Waals surface area (Å²) in [5.41, 5.74) is 4.11. The third-order valence-electron chi connectivity index (χ3n) is 3.49. The lowest BCUT2D eigenvalue weighted by atomic mass is 10.0. The van der Waals surface area contributed by atoms with Crippen molar-refractivity contribution in [2.24, 2.45) is 12.9 Å². The third kappa shape index (κ3) is 3.82. The zero-order valence-corrected chi connectivity index (χ0v) is 12.0. The van der Waals surface area contributed by atoms with Crippen LogP contribution in [0.5, 0.6) is 5.75 Å². The van der Waals surface area contributed by atoms with Crippen LogP contribution in [0.2, 0.25) is 0 Å². The summed E-state index contributed by atoms with van der Waals surface area (Å²) in [6.07, 6.45) is 6.50. The molecule has 108 valence electrons. The molecular formula is C15H22N4O. The summed E-state index contributed by atoms with van der Waals surface area (Å²) in [5, 5.41) is 0. The van der Waals surface area contributed by atoms with Gasteiger partial charge in [0.1, 0.15) is 11.6 Å². The fourth-order valence-electron chi connectivity index (χ4n) is 2.27. The van der Waals surface area contributed by atoms with Gasteiger partial charge in [-0.05, 0) is 30.5 Å². The molecule has 0 spiro atoms. The van der Waals surface area contributed by atoms with Crippen LogP contribution in [0.15, 0.2) is 36.7 Å². The van der Waals surface area contributed by atoms with Gasteiger partial charge in [0.15, 0.2) is 0 Å². The second-order valence-corrected chi connectivity index (χ2v) is 4.91. The molecule has 1 unspecified atom stereocenters. The quantitative estimate of drug-likeness (QED) is 0.592. The van der Waals surface area contributed by atoms with Crippen LogP contribution in [0.3, 0.4) is 0 Å². The first-order valence-corrected chi connectivity index (χ1v) is 6.78. The minimum absolute atomic E-state index is 0.221. The minimum Gasteiger partial charge on any atom is -0.497 e. The molecule has 0 radical (unpaired) electrons. The van der Waals surface area contributed by atoms with Crippen molar-refractivity contribution >= 4 is 0 Å². The standard InChI is InChI=1S/C15H22N4O/c1-19-9-8-17-15(19)7-6-13(18-16)10-12-4-3-5-14(11-12)20-2/h3-5,8-9,11,13,18H,6-7,10,16H2,1-2H3. The van der Waals surface area contributed by atoms with Crippen LogP contribution in [0.1, 0.15) is 17.8 Å². The first-order chi connectivity index (χ1) is 9.72. The van der Waals surface area contributed by atoms with E-state index in [4.69, 9.17) is 10.6 Å². The van der Waals surface area contributed by atoms with Gasteiger partial charge in [-0.3, -0.25) is 11.3 Å². The van der Waals surface area contributed by atoms with Crippen LogP contribution in [0.25, 0.3) is 0 Å². The van der Waals surface area contributed by atoms with E-state index in [0.717, 1.165) is 30.8 Å². The highest BCUT2D eigenvalue weighted by Gasteiger charge is 2.10. The molecule has 1 heterocycles. The van der Waals surface area contributed by atoms with Crippen molar-refractivity contribution in [2.75, 3.05) is 7.11 Å². The molecule has 1 atom stereocenters. The first-order valence-electron chi connectivity index (χ1n) is 6.78. The number of nitrogens with zero attached hydrogens (tertiary/aromatic N) is 2. The minimum atomic E-state index is 0.221. The highest BCUT2D eigenvalue weighted by Crippen LogP contribution is 2.15. The molecular weight excluding hydrogens is 252 g/mol. The van der Waals surface area contributed by atoms with Gasteiger partial charge in [0, 0.05) is 31.9 Å². The smallest absolute Gasteiger partial charge is 0.119 e. The molecule has 0 saturated heterocycles. The van der Waals surface area contributed by atoms with Crippen LogP contribution < -0.4 is 16.0 Å². The van der Waals surface area contributed by atoms with Gasteiger partial charge in [0.25, 0.3) is 0 Å². The molecule has 2 rings (SSSR count). The van der Waals surface area contributed by atoms with Crippen LogP contribution in [-0.4, -0.2) is 22.7 Å². The van der Waals surface area contributed by atoms with Crippen molar-refractivity contribution < 1.29 is 4.74 Å². The summed E-state index contributed by atoms with van der Waals surface area (Å²) in [6, 6.07) is 8.31. The maximum Gasteiger partial charge on any atom is 0.119 e. The molecule has 0 bridgehead atoms. The third-order valence-corrected chi connectivity index (χ3v) is 3.49. The molecule has 1 aromatic carbocycles. The van der Waals surface area contributed by atoms with Crippen molar-refractivity contribution in [3.05, 3.63) is 48.0 Å². The number of methoxy groups -OCH3 is 1. The van der Waals surface area contributed by atoms with Gasteiger partial charge in [0.2, 0.25) is 0 Å². The lowest BCUT2D eigenvalue weighted by Gasteiger charge is -2.16. The molecule has 5 heteroatoms. The number of hydrazine groups is 1. The molecule has 0 aliphatic heterocycles. The van der Waals surface area contributed by atoms with Gasteiger partial charge in [-0.25, -0.2) is 4.98 Å². The molecule has 0 aliphatic rings. The summed E-state index contributed by atoms with van der Waals surface area (Å²) in [6.45, 7) is 0. The Morgan fingerprint density at radius 3 is 2.95 bits per heavy atom. The topological polar surface area (TPSA) is 65.1 Å². The molecule has 0 aliphatic carbocycles. The van der Waals surface area contributed by atoms with E-state index in [-0.39, 0.29) is 6.04 Å². The predicted molar refractivity (Wildman–Crippen MR) is 79.3 cm³/mol. The summed E-state index contributed by atoms with van der Waals surface area (Å²) < 4.78 is 7.28. The van der Waals surface area contributed by atoms with Gasteiger partial charge >= 0.3 is 0 Å². The molecule has 0 fully saturated rings. The van der Waals surface area contributed by atoms with Crippen molar-refractivity contribution in [3.8, 4) is 5.75 Å². The molecule has 20 heavy (non-hydrogen) atoms. The number of nitrogens with one attached hydrogen (secondary N) is 1. The van der Waals surface area contributed by atoms with Crippen LogP contribution in [0, 0.1) is 0 Å². The second-order valence-electron chi connectivity index (χ2n) is 4.91. The Hall–Kier alpha value is -1.85.